The summed E-state index contributed by atoms with van der Waals surface area (Å²) in [6.07, 6.45) is 0.545. The number of carbonyl (C=O) groups excluding carboxylic acids is 1. The molecule has 0 bridgehead atoms. The standard InChI is InChI=1S/C6H13NO2.2C2H6/c1-3-6(8)7-4-5-9-2;2*1-2/h3-5H2,1-2H3,(H,7,8);2*1-2H3. The first-order chi connectivity index (χ1) is 6.31. The average molecular weight is 191 g/mol. The van der Waals surface area contributed by atoms with Gasteiger partial charge in [0.15, 0.2) is 0 Å². The number of carbonyl (C=O) groups is 1. The fraction of sp³-hybridized carbons (Fsp3) is 0.900. The average Bonchev–Trinajstić information content (AvgIpc) is 2.24. The molecule has 0 fully saturated rings. The zero-order valence-electron chi connectivity index (χ0n) is 9.94. The maximum Gasteiger partial charge on any atom is 0.219 e. The molecule has 0 heterocycles. The van der Waals surface area contributed by atoms with Crippen LogP contribution in [0.4, 0.5) is 0 Å². The van der Waals surface area contributed by atoms with Crippen LogP contribution in [0.5, 0.6) is 0 Å². The van der Waals surface area contributed by atoms with Crippen LogP contribution < -0.4 is 5.32 Å². The lowest BCUT2D eigenvalue weighted by Crippen LogP contribution is -2.25. The van der Waals surface area contributed by atoms with E-state index >= 15 is 0 Å². The Labute approximate surface area is 82.9 Å². The Morgan fingerprint density at radius 1 is 1.23 bits per heavy atom. The molecule has 13 heavy (non-hydrogen) atoms. The molecule has 0 aromatic carbocycles. The molecular weight excluding hydrogens is 166 g/mol. The summed E-state index contributed by atoms with van der Waals surface area (Å²) in [5.74, 6) is 0.0760. The van der Waals surface area contributed by atoms with Gasteiger partial charge in [0.25, 0.3) is 0 Å². The second-order valence-electron chi connectivity index (χ2n) is 1.70. The maximum atomic E-state index is 10.5. The van der Waals surface area contributed by atoms with Gasteiger partial charge < -0.3 is 10.1 Å². The zero-order chi connectivity index (χ0) is 11.1. The van der Waals surface area contributed by atoms with Crippen molar-refractivity contribution in [2.24, 2.45) is 0 Å². The van der Waals surface area contributed by atoms with Crippen molar-refractivity contribution in [3.63, 3.8) is 0 Å². The van der Waals surface area contributed by atoms with E-state index in [4.69, 9.17) is 4.74 Å². The van der Waals surface area contributed by atoms with Gasteiger partial charge in [-0.3, -0.25) is 4.79 Å². The van der Waals surface area contributed by atoms with Gasteiger partial charge in [-0.1, -0.05) is 34.6 Å². The highest BCUT2D eigenvalue weighted by Gasteiger charge is 1.92. The Morgan fingerprint density at radius 2 is 1.69 bits per heavy atom. The van der Waals surface area contributed by atoms with Gasteiger partial charge in [-0.25, -0.2) is 0 Å². The molecule has 3 nitrogen and oxygen atoms in total. The zero-order valence-corrected chi connectivity index (χ0v) is 9.94. The van der Waals surface area contributed by atoms with Crippen molar-refractivity contribution in [3.05, 3.63) is 0 Å². The fourth-order valence-corrected chi connectivity index (χ4v) is 0.418. The van der Waals surface area contributed by atoms with Crippen molar-refractivity contribution in [1.29, 1.82) is 0 Å². The Kier molecular flexibility index (Phi) is 31.6. The fourth-order valence-electron chi connectivity index (χ4n) is 0.418. The predicted octanol–water partition coefficient (Wildman–Crippen LogP) is 2.21. The topological polar surface area (TPSA) is 38.3 Å². The summed E-state index contributed by atoms with van der Waals surface area (Å²) in [6, 6.07) is 0. The van der Waals surface area contributed by atoms with Crippen LogP contribution in [0.3, 0.4) is 0 Å². The molecule has 0 aromatic heterocycles. The lowest BCUT2D eigenvalue weighted by Gasteiger charge is -1.99. The van der Waals surface area contributed by atoms with E-state index in [1.54, 1.807) is 7.11 Å². The van der Waals surface area contributed by atoms with Gasteiger partial charge in [0.1, 0.15) is 0 Å². The predicted molar refractivity (Wildman–Crippen MR) is 57.9 cm³/mol. The van der Waals surface area contributed by atoms with Crippen molar-refractivity contribution < 1.29 is 9.53 Å². The van der Waals surface area contributed by atoms with Crippen molar-refractivity contribution in [2.75, 3.05) is 20.3 Å². The molecule has 82 valence electrons. The molecule has 0 saturated heterocycles. The SMILES string of the molecule is CC.CC.CCC(=O)NCCOC. The van der Waals surface area contributed by atoms with E-state index in [9.17, 15) is 4.79 Å². The van der Waals surface area contributed by atoms with Gasteiger partial charge in [0.2, 0.25) is 5.91 Å². The minimum atomic E-state index is 0.0760. The molecular formula is C10H25NO2. The molecule has 0 rings (SSSR count). The number of amides is 1. The van der Waals surface area contributed by atoms with Gasteiger partial charge in [-0.15, -0.1) is 0 Å². The molecule has 1 N–H and O–H groups in total. The van der Waals surface area contributed by atoms with Crippen molar-refractivity contribution in [2.45, 2.75) is 41.0 Å². The van der Waals surface area contributed by atoms with Crippen LogP contribution >= 0.6 is 0 Å². The molecule has 0 aliphatic carbocycles. The summed E-state index contributed by atoms with van der Waals surface area (Å²) in [5, 5.41) is 2.67. The van der Waals surface area contributed by atoms with Crippen LogP contribution in [-0.4, -0.2) is 26.2 Å². The first-order valence-electron chi connectivity index (χ1n) is 5.07. The lowest BCUT2D eigenvalue weighted by atomic mass is 10.4. The third-order valence-electron chi connectivity index (χ3n) is 0.949. The van der Waals surface area contributed by atoms with Crippen LogP contribution in [0.15, 0.2) is 0 Å². The van der Waals surface area contributed by atoms with Gasteiger partial charge in [0, 0.05) is 20.1 Å². The summed E-state index contributed by atoms with van der Waals surface area (Å²) < 4.78 is 4.72. The normalized spacial score (nSPS) is 7.23. The Morgan fingerprint density at radius 3 is 2.00 bits per heavy atom. The van der Waals surface area contributed by atoms with E-state index in [0.717, 1.165) is 0 Å². The van der Waals surface area contributed by atoms with Crippen LogP contribution in [0, 0.1) is 0 Å². The van der Waals surface area contributed by atoms with Gasteiger partial charge in [-0.05, 0) is 0 Å². The van der Waals surface area contributed by atoms with E-state index in [1.165, 1.54) is 0 Å². The van der Waals surface area contributed by atoms with Crippen LogP contribution in [-0.2, 0) is 9.53 Å². The van der Waals surface area contributed by atoms with E-state index in [0.29, 0.717) is 19.6 Å². The second kappa shape index (κ2) is 22.5. The Balaban J connectivity index is -0.000000218. The number of rotatable bonds is 4. The summed E-state index contributed by atoms with van der Waals surface area (Å²) in [7, 11) is 1.61. The van der Waals surface area contributed by atoms with Gasteiger partial charge in [0.05, 0.1) is 6.61 Å². The molecule has 0 spiro atoms. The minimum absolute atomic E-state index is 0.0760. The van der Waals surface area contributed by atoms with Gasteiger partial charge in [-0.2, -0.15) is 0 Å². The third kappa shape index (κ3) is 24.6. The largest absolute Gasteiger partial charge is 0.383 e. The lowest BCUT2D eigenvalue weighted by molar-refractivity contribution is -0.120. The van der Waals surface area contributed by atoms with Crippen LogP contribution in [0.1, 0.15) is 41.0 Å². The molecule has 3 heteroatoms. The highest BCUT2D eigenvalue weighted by atomic mass is 16.5. The monoisotopic (exact) mass is 191 g/mol. The number of hydrogen-bond donors (Lipinski definition) is 1. The van der Waals surface area contributed by atoms with Crippen molar-refractivity contribution in [3.8, 4) is 0 Å². The number of hydrogen-bond acceptors (Lipinski definition) is 2. The quantitative estimate of drug-likeness (QED) is 0.692. The van der Waals surface area contributed by atoms with E-state index in [-0.39, 0.29) is 5.91 Å². The molecule has 0 radical (unpaired) electrons. The number of nitrogens with one attached hydrogen (secondary N) is 1. The molecule has 0 aliphatic heterocycles. The smallest absolute Gasteiger partial charge is 0.219 e. The highest BCUT2D eigenvalue weighted by molar-refractivity contribution is 5.75. The van der Waals surface area contributed by atoms with Crippen molar-refractivity contribution >= 4 is 5.91 Å². The summed E-state index contributed by atoms with van der Waals surface area (Å²) in [4.78, 5) is 10.5. The number of ether oxygens (including phenoxy) is 1. The van der Waals surface area contributed by atoms with Crippen LogP contribution in [0.2, 0.25) is 0 Å². The van der Waals surface area contributed by atoms with E-state index in [2.05, 4.69) is 5.32 Å². The first kappa shape index (κ1) is 18.3. The third-order valence-corrected chi connectivity index (χ3v) is 0.949. The number of methoxy groups -OCH3 is 1. The molecule has 0 unspecified atom stereocenters. The Hall–Kier alpha value is -0.570. The van der Waals surface area contributed by atoms with E-state index < -0.39 is 0 Å². The summed E-state index contributed by atoms with van der Waals surface area (Å²) >= 11 is 0. The summed E-state index contributed by atoms with van der Waals surface area (Å²) in [6.45, 7) is 11.0. The molecule has 0 aromatic rings. The summed E-state index contributed by atoms with van der Waals surface area (Å²) in [5.41, 5.74) is 0. The van der Waals surface area contributed by atoms with E-state index in [1.807, 2.05) is 34.6 Å². The molecule has 0 atom stereocenters. The Bertz CT molecular complexity index is 85.0. The molecule has 0 aliphatic rings. The van der Waals surface area contributed by atoms with Gasteiger partial charge >= 0.3 is 0 Å². The van der Waals surface area contributed by atoms with Crippen LogP contribution in [0.25, 0.3) is 0 Å². The van der Waals surface area contributed by atoms with Crippen molar-refractivity contribution in [1.82, 2.24) is 5.32 Å². The first-order valence-corrected chi connectivity index (χ1v) is 5.07. The molecule has 1 amide bonds. The molecule has 0 saturated carbocycles. The minimum Gasteiger partial charge on any atom is -0.383 e. The maximum absolute atomic E-state index is 10.5. The second-order valence-corrected chi connectivity index (χ2v) is 1.70. The highest BCUT2D eigenvalue weighted by Crippen LogP contribution is 1.73.